The highest BCUT2D eigenvalue weighted by Gasteiger charge is 2.22. The molecule has 1 aliphatic heterocycles. The molecule has 0 radical (unpaired) electrons. The lowest BCUT2D eigenvalue weighted by atomic mass is 9.95. The van der Waals surface area contributed by atoms with Crippen LogP contribution >= 0.6 is 11.6 Å². The van der Waals surface area contributed by atoms with E-state index in [-0.39, 0.29) is 11.9 Å². The number of aryl methyl sites for hydroxylation is 2. The molecule has 0 saturated carbocycles. The van der Waals surface area contributed by atoms with Crippen LogP contribution in [-0.2, 0) is 0 Å². The summed E-state index contributed by atoms with van der Waals surface area (Å²) >= 11 is 6.32. The summed E-state index contributed by atoms with van der Waals surface area (Å²) in [6.45, 7) is 5.73. The molecule has 1 aromatic heterocycles. The van der Waals surface area contributed by atoms with Crippen LogP contribution in [0.5, 0.6) is 0 Å². The number of allylic oxidation sites excluding steroid dienone is 4. The van der Waals surface area contributed by atoms with Crippen LogP contribution in [0.15, 0.2) is 52.5 Å². The van der Waals surface area contributed by atoms with E-state index in [0.717, 1.165) is 60.1 Å². The van der Waals surface area contributed by atoms with Gasteiger partial charge in [0.15, 0.2) is 0 Å². The van der Waals surface area contributed by atoms with Gasteiger partial charge in [-0.05, 0) is 44.9 Å². The fourth-order valence-corrected chi connectivity index (χ4v) is 4.45. The number of guanidine groups is 1. The molecule has 33 heavy (non-hydrogen) atoms. The van der Waals surface area contributed by atoms with Crippen molar-refractivity contribution < 1.29 is 4.39 Å². The molecule has 1 aromatic carbocycles. The quantitative estimate of drug-likeness (QED) is 0.515. The number of aromatic nitrogens is 2. The number of rotatable bonds is 3. The highest BCUT2D eigenvalue weighted by Crippen LogP contribution is 2.29. The number of nitrogens with zero attached hydrogens (tertiary/aromatic N) is 5. The van der Waals surface area contributed by atoms with Crippen molar-refractivity contribution in [2.45, 2.75) is 39.2 Å². The maximum atomic E-state index is 13.5. The van der Waals surface area contributed by atoms with Gasteiger partial charge in [0.25, 0.3) is 0 Å². The molecule has 0 bridgehead atoms. The zero-order valence-corrected chi connectivity index (χ0v) is 19.9. The van der Waals surface area contributed by atoms with Gasteiger partial charge in [-0.15, -0.1) is 0 Å². The van der Waals surface area contributed by atoms with E-state index in [9.17, 15) is 4.39 Å². The first-order valence-electron chi connectivity index (χ1n) is 11.1. The highest BCUT2D eigenvalue weighted by molar-refractivity contribution is 6.36. The second-order valence-corrected chi connectivity index (χ2v) is 8.67. The van der Waals surface area contributed by atoms with E-state index in [0.29, 0.717) is 17.4 Å². The molecule has 0 spiro atoms. The molecule has 1 fully saturated rings. The normalized spacial score (nSPS) is 18.6. The molecule has 0 unspecified atom stereocenters. The lowest BCUT2D eigenvalue weighted by molar-refractivity contribution is 0.463. The van der Waals surface area contributed by atoms with Crippen LogP contribution in [0.1, 0.15) is 36.3 Å². The fourth-order valence-electron chi connectivity index (χ4n) is 4.18. The monoisotopic (exact) mass is 466 g/mol. The topological polar surface area (TPSA) is 65.8 Å². The Bertz CT molecular complexity index is 1130. The van der Waals surface area contributed by atoms with Gasteiger partial charge in [0, 0.05) is 55.5 Å². The minimum absolute atomic E-state index is 0.273. The number of aliphatic imine (C=N–C) groups is 2. The molecule has 2 heterocycles. The number of anilines is 1. The largest absolute Gasteiger partial charge is 0.356 e. The molecule has 4 rings (SSSR count). The average molecular weight is 467 g/mol. The van der Waals surface area contributed by atoms with Gasteiger partial charge in [-0.1, -0.05) is 29.8 Å². The Balaban J connectivity index is 1.44. The number of benzene rings is 1. The van der Waals surface area contributed by atoms with Crippen LogP contribution in [0.2, 0.25) is 5.02 Å². The van der Waals surface area contributed by atoms with Crippen LogP contribution in [0.3, 0.4) is 0 Å². The SMILES string of the molecule is CN=C(/N=C1\CC=CC=C1c1ccc(F)cc1Cl)NC1CCN(c2cc(C)nc(C)n2)CC1. The summed E-state index contributed by atoms with van der Waals surface area (Å²) in [6, 6.07) is 6.75. The smallest absolute Gasteiger partial charge is 0.218 e. The van der Waals surface area contributed by atoms with E-state index >= 15 is 0 Å². The number of piperidine rings is 1. The average Bonchev–Trinajstić information content (AvgIpc) is 2.79. The van der Waals surface area contributed by atoms with Crippen LogP contribution in [0.4, 0.5) is 10.2 Å². The van der Waals surface area contributed by atoms with Crippen molar-refractivity contribution in [2.75, 3.05) is 25.0 Å². The Morgan fingerprint density at radius 3 is 2.67 bits per heavy atom. The third-order valence-electron chi connectivity index (χ3n) is 5.80. The third-order valence-corrected chi connectivity index (χ3v) is 6.11. The summed E-state index contributed by atoms with van der Waals surface area (Å²) in [5, 5.41) is 3.87. The van der Waals surface area contributed by atoms with Crippen molar-refractivity contribution in [2.24, 2.45) is 9.98 Å². The Hall–Kier alpha value is -3.06. The van der Waals surface area contributed by atoms with Crippen LogP contribution in [0.25, 0.3) is 5.57 Å². The van der Waals surface area contributed by atoms with Gasteiger partial charge in [-0.25, -0.2) is 19.4 Å². The molecular formula is C25H28ClFN6. The Kier molecular flexibility index (Phi) is 7.18. The van der Waals surface area contributed by atoms with Gasteiger partial charge in [-0.3, -0.25) is 4.99 Å². The molecule has 6 nitrogen and oxygen atoms in total. The minimum Gasteiger partial charge on any atom is -0.356 e. The maximum Gasteiger partial charge on any atom is 0.218 e. The van der Waals surface area contributed by atoms with Crippen molar-refractivity contribution in [3.8, 4) is 0 Å². The van der Waals surface area contributed by atoms with Crippen molar-refractivity contribution in [3.63, 3.8) is 0 Å². The molecule has 1 saturated heterocycles. The van der Waals surface area contributed by atoms with Gasteiger partial charge in [-0.2, -0.15) is 0 Å². The summed E-state index contributed by atoms with van der Waals surface area (Å²) in [7, 11) is 1.74. The summed E-state index contributed by atoms with van der Waals surface area (Å²) in [5.41, 5.74) is 3.49. The second kappa shape index (κ2) is 10.3. The third kappa shape index (κ3) is 5.66. The first-order valence-corrected chi connectivity index (χ1v) is 11.5. The lowest BCUT2D eigenvalue weighted by Crippen LogP contribution is -2.44. The molecule has 1 N–H and O–H groups in total. The first-order chi connectivity index (χ1) is 15.9. The second-order valence-electron chi connectivity index (χ2n) is 8.26. The lowest BCUT2D eigenvalue weighted by Gasteiger charge is -2.33. The van der Waals surface area contributed by atoms with Crippen molar-refractivity contribution >= 4 is 34.7 Å². The van der Waals surface area contributed by atoms with Gasteiger partial charge in [0.1, 0.15) is 17.5 Å². The van der Waals surface area contributed by atoms with E-state index in [2.05, 4.69) is 25.2 Å². The summed E-state index contributed by atoms with van der Waals surface area (Å²) in [4.78, 5) is 20.5. The predicted octanol–water partition coefficient (Wildman–Crippen LogP) is 4.91. The zero-order valence-electron chi connectivity index (χ0n) is 19.1. The molecule has 0 atom stereocenters. The predicted molar refractivity (Wildman–Crippen MR) is 134 cm³/mol. The molecule has 2 aliphatic rings. The molecular weight excluding hydrogens is 439 g/mol. The van der Waals surface area contributed by atoms with Crippen LogP contribution < -0.4 is 10.2 Å². The highest BCUT2D eigenvalue weighted by atomic mass is 35.5. The summed E-state index contributed by atoms with van der Waals surface area (Å²) in [5.74, 6) is 2.03. The molecule has 1 aliphatic carbocycles. The maximum absolute atomic E-state index is 13.5. The molecule has 172 valence electrons. The molecule has 2 aromatic rings. The Morgan fingerprint density at radius 1 is 1.18 bits per heavy atom. The first kappa shape index (κ1) is 23.1. The van der Waals surface area contributed by atoms with Gasteiger partial charge < -0.3 is 10.2 Å². The van der Waals surface area contributed by atoms with Crippen molar-refractivity contribution in [3.05, 3.63) is 70.4 Å². The summed E-state index contributed by atoms with van der Waals surface area (Å²) in [6.07, 6.45) is 8.54. The van der Waals surface area contributed by atoms with E-state index in [1.807, 2.05) is 38.1 Å². The van der Waals surface area contributed by atoms with Gasteiger partial charge >= 0.3 is 0 Å². The standard InChI is InChI=1S/C25H28ClFN6/c1-16-14-24(30-17(2)29-16)33-12-10-19(11-13-33)31-25(28-3)32-23-7-5-4-6-21(23)20-9-8-18(27)15-22(20)26/h4-6,8-9,14-15,19H,7,10-13H2,1-3H3,(H,28,31)/b32-23+. The summed E-state index contributed by atoms with van der Waals surface area (Å²) < 4.78 is 13.5. The minimum atomic E-state index is -0.356. The van der Waals surface area contributed by atoms with Crippen LogP contribution in [0, 0.1) is 19.7 Å². The van der Waals surface area contributed by atoms with E-state index < -0.39 is 0 Å². The van der Waals surface area contributed by atoms with Crippen molar-refractivity contribution in [1.82, 2.24) is 15.3 Å². The van der Waals surface area contributed by atoms with Gasteiger partial charge in [0.2, 0.25) is 5.96 Å². The van der Waals surface area contributed by atoms with E-state index in [4.69, 9.17) is 16.6 Å². The molecule has 0 amide bonds. The number of hydrogen-bond donors (Lipinski definition) is 1. The number of halogens is 2. The Labute approximate surface area is 199 Å². The van der Waals surface area contributed by atoms with Crippen LogP contribution in [-0.4, -0.2) is 47.8 Å². The van der Waals surface area contributed by atoms with E-state index in [1.54, 1.807) is 13.1 Å². The zero-order chi connectivity index (χ0) is 23.4. The number of nitrogens with one attached hydrogen (secondary N) is 1. The van der Waals surface area contributed by atoms with E-state index in [1.165, 1.54) is 12.1 Å². The Morgan fingerprint density at radius 2 is 1.97 bits per heavy atom. The molecule has 8 heteroatoms. The number of hydrogen-bond acceptors (Lipinski definition) is 4. The van der Waals surface area contributed by atoms with Gasteiger partial charge in [0.05, 0.1) is 10.7 Å². The fraction of sp³-hybridized carbons (Fsp3) is 0.360. The van der Waals surface area contributed by atoms with Crippen molar-refractivity contribution in [1.29, 1.82) is 0 Å².